The second kappa shape index (κ2) is 7.60. The van der Waals surface area contributed by atoms with Crippen LogP contribution in [0.2, 0.25) is 0 Å². The standard InChI is InChI=1S/C17H15N3O2/c18-12-14-7-4-8-15(11-14)20-17(22)16(21)19-10-9-13-5-2-1-3-6-13/h1-8,11H,9-10H2,(H,19,21)(H,20,22). The van der Waals surface area contributed by atoms with Gasteiger partial charge in [-0.15, -0.1) is 0 Å². The van der Waals surface area contributed by atoms with E-state index in [-0.39, 0.29) is 0 Å². The van der Waals surface area contributed by atoms with E-state index in [0.717, 1.165) is 5.56 Å². The van der Waals surface area contributed by atoms with Crippen molar-refractivity contribution in [2.45, 2.75) is 6.42 Å². The third kappa shape index (κ3) is 4.46. The SMILES string of the molecule is N#Cc1cccc(NC(=O)C(=O)NCCc2ccccc2)c1. The zero-order valence-corrected chi connectivity index (χ0v) is 11.9. The minimum absolute atomic E-state index is 0.383. The van der Waals surface area contributed by atoms with E-state index in [1.807, 2.05) is 36.4 Å². The number of nitriles is 1. The summed E-state index contributed by atoms with van der Waals surface area (Å²) in [5.74, 6) is -1.44. The van der Waals surface area contributed by atoms with Gasteiger partial charge in [0.1, 0.15) is 0 Å². The first kappa shape index (κ1) is 15.3. The number of benzene rings is 2. The molecule has 2 aromatic carbocycles. The quantitative estimate of drug-likeness (QED) is 0.844. The second-order valence-electron chi connectivity index (χ2n) is 4.64. The Hall–Kier alpha value is -3.13. The molecule has 0 heterocycles. The lowest BCUT2D eigenvalue weighted by Crippen LogP contribution is -2.36. The summed E-state index contributed by atoms with van der Waals surface area (Å²) in [6.45, 7) is 0.383. The van der Waals surface area contributed by atoms with Crippen molar-refractivity contribution in [2.24, 2.45) is 0 Å². The van der Waals surface area contributed by atoms with Crippen LogP contribution in [-0.4, -0.2) is 18.4 Å². The summed E-state index contributed by atoms with van der Waals surface area (Å²) >= 11 is 0. The maximum atomic E-state index is 11.7. The molecule has 2 aromatic rings. The minimum Gasteiger partial charge on any atom is -0.347 e. The molecule has 0 saturated carbocycles. The number of hydrogen-bond acceptors (Lipinski definition) is 3. The number of hydrogen-bond donors (Lipinski definition) is 2. The molecule has 0 atom stereocenters. The van der Waals surface area contributed by atoms with Crippen molar-refractivity contribution in [3.05, 3.63) is 65.7 Å². The molecule has 0 fully saturated rings. The van der Waals surface area contributed by atoms with Gasteiger partial charge in [-0.2, -0.15) is 5.26 Å². The van der Waals surface area contributed by atoms with Crippen LogP contribution in [0.15, 0.2) is 54.6 Å². The first-order valence-corrected chi connectivity index (χ1v) is 6.82. The third-order valence-corrected chi connectivity index (χ3v) is 3.00. The van der Waals surface area contributed by atoms with E-state index in [2.05, 4.69) is 10.6 Å². The number of nitrogens with one attached hydrogen (secondary N) is 2. The predicted molar refractivity (Wildman–Crippen MR) is 82.9 cm³/mol. The maximum Gasteiger partial charge on any atom is 0.313 e. The van der Waals surface area contributed by atoms with Crippen LogP contribution in [0.25, 0.3) is 0 Å². The van der Waals surface area contributed by atoms with Crippen LogP contribution in [-0.2, 0) is 16.0 Å². The maximum absolute atomic E-state index is 11.7. The van der Waals surface area contributed by atoms with E-state index in [0.29, 0.717) is 24.2 Å². The number of carbonyl (C=O) groups is 2. The Morgan fingerprint density at radius 3 is 2.50 bits per heavy atom. The summed E-state index contributed by atoms with van der Waals surface area (Å²) in [4.78, 5) is 23.5. The molecule has 2 amide bonds. The lowest BCUT2D eigenvalue weighted by Gasteiger charge is -2.07. The first-order valence-electron chi connectivity index (χ1n) is 6.82. The van der Waals surface area contributed by atoms with E-state index < -0.39 is 11.8 Å². The normalized spacial score (nSPS) is 9.59. The van der Waals surface area contributed by atoms with Gasteiger partial charge < -0.3 is 10.6 Å². The molecule has 0 saturated heterocycles. The lowest BCUT2D eigenvalue weighted by molar-refractivity contribution is -0.136. The molecular weight excluding hydrogens is 278 g/mol. The van der Waals surface area contributed by atoms with Gasteiger partial charge in [-0.05, 0) is 30.2 Å². The Bertz CT molecular complexity index is 705. The van der Waals surface area contributed by atoms with E-state index >= 15 is 0 Å². The molecule has 22 heavy (non-hydrogen) atoms. The molecule has 2 N–H and O–H groups in total. The van der Waals surface area contributed by atoms with Gasteiger partial charge in [0.2, 0.25) is 0 Å². The van der Waals surface area contributed by atoms with Crippen LogP contribution >= 0.6 is 0 Å². The summed E-state index contributed by atoms with van der Waals surface area (Å²) in [7, 11) is 0. The molecule has 0 radical (unpaired) electrons. The summed E-state index contributed by atoms with van der Waals surface area (Å²) in [6.07, 6.45) is 0.657. The van der Waals surface area contributed by atoms with Gasteiger partial charge in [-0.1, -0.05) is 36.4 Å². The van der Waals surface area contributed by atoms with E-state index in [1.54, 1.807) is 18.2 Å². The smallest absolute Gasteiger partial charge is 0.313 e. The van der Waals surface area contributed by atoms with Gasteiger partial charge in [0.05, 0.1) is 11.6 Å². The fourth-order valence-electron chi connectivity index (χ4n) is 1.90. The molecule has 0 aliphatic rings. The van der Waals surface area contributed by atoms with Crippen molar-refractivity contribution < 1.29 is 9.59 Å². The Kier molecular flexibility index (Phi) is 5.27. The molecule has 0 aliphatic carbocycles. The van der Waals surface area contributed by atoms with Crippen molar-refractivity contribution >= 4 is 17.5 Å². The summed E-state index contributed by atoms with van der Waals surface area (Å²) in [6, 6.07) is 18.0. The third-order valence-electron chi connectivity index (χ3n) is 3.00. The molecule has 0 bridgehead atoms. The van der Waals surface area contributed by atoms with Gasteiger partial charge in [-0.25, -0.2) is 0 Å². The summed E-state index contributed by atoms with van der Waals surface area (Å²) < 4.78 is 0. The van der Waals surface area contributed by atoms with E-state index in [1.165, 1.54) is 6.07 Å². The largest absolute Gasteiger partial charge is 0.347 e. The van der Waals surface area contributed by atoms with Crippen molar-refractivity contribution in [3.63, 3.8) is 0 Å². The van der Waals surface area contributed by atoms with E-state index in [9.17, 15) is 9.59 Å². The molecule has 0 aliphatic heterocycles. The van der Waals surface area contributed by atoms with Crippen molar-refractivity contribution in [1.29, 1.82) is 5.26 Å². The zero-order chi connectivity index (χ0) is 15.8. The van der Waals surface area contributed by atoms with Crippen LogP contribution in [0.4, 0.5) is 5.69 Å². The molecule has 2 rings (SSSR count). The molecular formula is C17H15N3O2. The Balaban J connectivity index is 1.82. The van der Waals surface area contributed by atoms with Crippen molar-refractivity contribution in [2.75, 3.05) is 11.9 Å². The topological polar surface area (TPSA) is 82.0 Å². The van der Waals surface area contributed by atoms with Crippen LogP contribution in [0.3, 0.4) is 0 Å². The molecule has 110 valence electrons. The highest BCUT2D eigenvalue weighted by atomic mass is 16.2. The van der Waals surface area contributed by atoms with Crippen LogP contribution in [0, 0.1) is 11.3 Å². The number of nitrogens with zero attached hydrogens (tertiary/aromatic N) is 1. The Labute approximate surface area is 128 Å². The fourth-order valence-corrected chi connectivity index (χ4v) is 1.90. The average Bonchev–Trinajstić information content (AvgIpc) is 2.56. The number of rotatable bonds is 4. The van der Waals surface area contributed by atoms with Crippen LogP contribution in [0.1, 0.15) is 11.1 Å². The Morgan fingerprint density at radius 1 is 1.00 bits per heavy atom. The summed E-state index contributed by atoms with van der Waals surface area (Å²) in [5.41, 5.74) is 1.93. The van der Waals surface area contributed by atoms with Crippen molar-refractivity contribution in [1.82, 2.24) is 5.32 Å². The Morgan fingerprint density at radius 2 is 1.77 bits per heavy atom. The highest BCUT2D eigenvalue weighted by Gasteiger charge is 2.13. The van der Waals surface area contributed by atoms with Gasteiger partial charge >= 0.3 is 11.8 Å². The molecule has 0 aromatic heterocycles. The molecule has 0 unspecified atom stereocenters. The average molecular weight is 293 g/mol. The van der Waals surface area contributed by atoms with Gasteiger partial charge in [-0.3, -0.25) is 9.59 Å². The highest BCUT2D eigenvalue weighted by Crippen LogP contribution is 2.09. The van der Waals surface area contributed by atoms with Gasteiger partial charge in [0, 0.05) is 12.2 Å². The van der Waals surface area contributed by atoms with Gasteiger partial charge in [0.15, 0.2) is 0 Å². The fraction of sp³-hybridized carbons (Fsp3) is 0.118. The highest BCUT2D eigenvalue weighted by molar-refractivity contribution is 6.39. The molecule has 5 nitrogen and oxygen atoms in total. The number of amides is 2. The lowest BCUT2D eigenvalue weighted by atomic mass is 10.1. The monoisotopic (exact) mass is 293 g/mol. The van der Waals surface area contributed by atoms with Gasteiger partial charge in [0.25, 0.3) is 0 Å². The van der Waals surface area contributed by atoms with Crippen LogP contribution < -0.4 is 10.6 Å². The van der Waals surface area contributed by atoms with E-state index in [4.69, 9.17) is 5.26 Å². The first-order chi connectivity index (χ1) is 10.7. The predicted octanol–water partition coefficient (Wildman–Crippen LogP) is 1.86. The molecule has 5 heteroatoms. The molecule has 0 spiro atoms. The number of anilines is 1. The number of carbonyl (C=O) groups excluding carboxylic acids is 2. The second-order valence-corrected chi connectivity index (χ2v) is 4.64. The zero-order valence-electron chi connectivity index (χ0n) is 11.9. The van der Waals surface area contributed by atoms with Crippen LogP contribution in [0.5, 0.6) is 0 Å². The summed E-state index contributed by atoms with van der Waals surface area (Å²) in [5, 5.41) is 13.8. The van der Waals surface area contributed by atoms with Crippen molar-refractivity contribution in [3.8, 4) is 6.07 Å². The minimum atomic E-state index is -0.747.